The van der Waals surface area contributed by atoms with Crippen LogP contribution in [0.4, 0.5) is 0 Å². The molecule has 3 heteroatoms. The molecule has 29 heavy (non-hydrogen) atoms. The summed E-state index contributed by atoms with van der Waals surface area (Å²) in [4.78, 5) is 11.9. The highest BCUT2D eigenvalue weighted by molar-refractivity contribution is 5.69. The number of aliphatic hydroxyl groups is 1. The van der Waals surface area contributed by atoms with Gasteiger partial charge in [0.1, 0.15) is 0 Å². The quantitative estimate of drug-likeness (QED) is 0.573. The Morgan fingerprint density at radius 3 is 2.52 bits per heavy atom. The summed E-state index contributed by atoms with van der Waals surface area (Å²) in [7, 11) is 0. The molecule has 4 fully saturated rings. The van der Waals surface area contributed by atoms with Crippen molar-refractivity contribution in [2.24, 2.45) is 46.3 Å². The minimum Gasteiger partial charge on any atom is -0.466 e. The molecule has 166 valence electrons. The summed E-state index contributed by atoms with van der Waals surface area (Å²) >= 11 is 0. The van der Waals surface area contributed by atoms with Crippen molar-refractivity contribution < 1.29 is 14.6 Å². The molecule has 3 nitrogen and oxygen atoms in total. The summed E-state index contributed by atoms with van der Waals surface area (Å²) in [5.74, 6) is 4.75. The van der Waals surface area contributed by atoms with Gasteiger partial charge in [-0.2, -0.15) is 0 Å². The van der Waals surface area contributed by atoms with Crippen LogP contribution in [0.3, 0.4) is 0 Å². The first-order valence-electron chi connectivity index (χ1n) is 12.6. The van der Waals surface area contributed by atoms with Gasteiger partial charge in [-0.15, -0.1) is 0 Å². The molecule has 0 amide bonds. The number of carbonyl (C=O) groups is 1. The third-order valence-corrected chi connectivity index (χ3v) is 10.5. The van der Waals surface area contributed by atoms with E-state index in [-0.39, 0.29) is 12.1 Å². The third kappa shape index (κ3) is 3.68. The second-order valence-corrected chi connectivity index (χ2v) is 11.6. The van der Waals surface area contributed by atoms with E-state index < -0.39 is 0 Å². The standard InChI is InChI=1S/C26H44O3/c1-5-29-24(28)11-6-17(2)21-9-10-22-20-8-7-18-16-19(27)12-14-25(18,3)23(20)13-15-26(21,22)4/h17-23,27H,5-16H2,1-4H3/t17-,18?,19-,20?,21?,22?,23?,25?,26?/m1/s1. The van der Waals surface area contributed by atoms with E-state index >= 15 is 0 Å². The van der Waals surface area contributed by atoms with E-state index in [1.165, 1.54) is 44.9 Å². The molecule has 1 N–H and O–H groups in total. The summed E-state index contributed by atoms with van der Waals surface area (Å²) < 4.78 is 5.17. The zero-order valence-electron chi connectivity index (χ0n) is 19.3. The molecule has 4 aliphatic carbocycles. The van der Waals surface area contributed by atoms with Crippen LogP contribution in [0.25, 0.3) is 0 Å². The van der Waals surface area contributed by atoms with Gasteiger partial charge in [0.25, 0.3) is 0 Å². The second-order valence-electron chi connectivity index (χ2n) is 11.6. The monoisotopic (exact) mass is 404 g/mol. The Labute approximate surface area is 178 Å². The Hall–Kier alpha value is -0.570. The number of carbonyl (C=O) groups excluding carboxylic acids is 1. The fourth-order valence-electron chi connectivity index (χ4n) is 8.99. The van der Waals surface area contributed by atoms with Crippen molar-refractivity contribution in [3.8, 4) is 0 Å². The van der Waals surface area contributed by atoms with Crippen LogP contribution in [-0.4, -0.2) is 23.8 Å². The summed E-state index contributed by atoms with van der Waals surface area (Å²) in [6.45, 7) is 9.97. The first-order chi connectivity index (χ1) is 13.8. The first-order valence-corrected chi connectivity index (χ1v) is 12.6. The summed E-state index contributed by atoms with van der Waals surface area (Å²) in [6, 6.07) is 0. The van der Waals surface area contributed by atoms with Crippen LogP contribution < -0.4 is 0 Å². The smallest absolute Gasteiger partial charge is 0.305 e. The minimum atomic E-state index is -0.0467. The third-order valence-electron chi connectivity index (χ3n) is 10.5. The molecule has 0 radical (unpaired) electrons. The predicted octanol–water partition coefficient (Wildman–Crippen LogP) is 5.99. The molecule has 0 bridgehead atoms. The van der Waals surface area contributed by atoms with E-state index in [1.54, 1.807) is 0 Å². The molecule has 4 saturated carbocycles. The SMILES string of the molecule is CCOC(=O)CC[C@@H](C)C1CCC2C3CCC4C[C@H](O)CCC4(C)C3CCC21C. The molecule has 0 saturated heterocycles. The molecular formula is C26H44O3. The van der Waals surface area contributed by atoms with E-state index in [1.807, 2.05) is 6.92 Å². The van der Waals surface area contributed by atoms with Crippen molar-refractivity contribution in [1.29, 1.82) is 0 Å². The molecule has 7 unspecified atom stereocenters. The zero-order valence-corrected chi connectivity index (χ0v) is 19.3. The Morgan fingerprint density at radius 2 is 1.76 bits per heavy atom. The lowest BCUT2D eigenvalue weighted by molar-refractivity contribution is -0.144. The summed E-state index contributed by atoms with van der Waals surface area (Å²) in [5, 5.41) is 10.2. The van der Waals surface area contributed by atoms with Crippen LogP contribution in [0, 0.1) is 46.3 Å². The molecule has 4 aliphatic rings. The van der Waals surface area contributed by atoms with E-state index in [4.69, 9.17) is 4.74 Å². The molecule has 0 heterocycles. The topological polar surface area (TPSA) is 46.5 Å². The number of hydrogen-bond donors (Lipinski definition) is 1. The normalized spacial score (nSPS) is 47.6. The lowest BCUT2D eigenvalue weighted by atomic mass is 9.44. The number of esters is 1. The van der Waals surface area contributed by atoms with Crippen molar-refractivity contribution in [2.75, 3.05) is 6.61 Å². The van der Waals surface area contributed by atoms with Crippen LogP contribution in [0.1, 0.15) is 98.3 Å². The lowest BCUT2D eigenvalue weighted by Gasteiger charge is -2.61. The Morgan fingerprint density at radius 1 is 1.03 bits per heavy atom. The maximum atomic E-state index is 11.9. The molecule has 0 aliphatic heterocycles. The van der Waals surface area contributed by atoms with E-state index in [2.05, 4.69) is 20.8 Å². The largest absolute Gasteiger partial charge is 0.466 e. The van der Waals surface area contributed by atoms with Gasteiger partial charge >= 0.3 is 5.97 Å². The van der Waals surface area contributed by atoms with Crippen molar-refractivity contribution in [3.05, 3.63) is 0 Å². The number of fused-ring (bicyclic) bond motifs is 5. The van der Waals surface area contributed by atoms with Gasteiger partial charge in [0.15, 0.2) is 0 Å². The van der Waals surface area contributed by atoms with Crippen LogP contribution >= 0.6 is 0 Å². The van der Waals surface area contributed by atoms with Gasteiger partial charge < -0.3 is 9.84 Å². The van der Waals surface area contributed by atoms with E-state index in [0.29, 0.717) is 29.8 Å². The van der Waals surface area contributed by atoms with Crippen molar-refractivity contribution >= 4 is 5.97 Å². The molecule has 0 spiro atoms. The molecule has 4 rings (SSSR count). The van der Waals surface area contributed by atoms with Gasteiger partial charge in [-0.05, 0) is 117 Å². The molecular weight excluding hydrogens is 360 g/mol. The van der Waals surface area contributed by atoms with Crippen LogP contribution in [0.15, 0.2) is 0 Å². The van der Waals surface area contributed by atoms with Gasteiger partial charge in [-0.25, -0.2) is 0 Å². The first kappa shape index (κ1) is 21.7. The molecule has 9 atom stereocenters. The highest BCUT2D eigenvalue weighted by atomic mass is 16.5. The second kappa shape index (κ2) is 8.17. The number of ether oxygens (including phenoxy) is 1. The van der Waals surface area contributed by atoms with Gasteiger partial charge in [-0.1, -0.05) is 20.8 Å². The van der Waals surface area contributed by atoms with Crippen molar-refractivity contribution in [2.45, 2.75) is 104 Å². The Balaban J connectivity index is 1.45. The van der Waals surface area contributed by atoms with Crippen LogP contribution in [-0.2, 0) is 9.53 Å². The van der Waals surface area contributed by atoms with Gasteiger partial charge in [0.2, 0.25) is 0 Å². The molecule has 0 aromatic heterocycles. The van der Waals surface area contributed by atoms with Crippen LogP contribution in [0.2, 0.25) is 0 Å². The lowest BCUT2D eigenvalue weighted by Crippen LogP contribution is -2.54. The average Bonchev–Trinajstić information content (AvgIpc) is 3.04. The fraction of sp³-hybridized carbons (Fsp3) is 0.962. The van der Waals surface area contributed by atoms with E-state index in [0.717, 1.165) is 48.9 Å². The minimum absolute atomic E-state index is 0.0199. The number of aliphatic hydroxyl groups excluding tert-OH is 1. The summed E-state index contributed by atoms with van der Waals surface area (Å²) in [5.41, 5.74) is 0.934. The van der Waals surface area contributed by atoms with Gasteiger partial charge in [0.05, 0.1) is 12.7 Å². The van der Waals surface area contributed by atoms with Gasteiger partial charge in [-0.3, -0.25) is 4.79 Å². The van der Waals surface area contributed by atoms with Crippen molar-refractivity contribution in [3.63, 3.8) is 0 Å². The highest BCUT2D eigenvalue weighted by Crippen LogP contribution is 2.68. The van der Waals surface area contributed by atoms with E-state index in [9.17, 15) is 9.90 Å². The highest BCUT2D eigenvalue weighted by Gasteiger charge is 2.60. The maximum absolute atomic E-state index is 11.9. The Kier molecular flexibility index (Phi) is 6.10. The molecule has 0 aromatic rings. The predicted molar refractivity (Wildman–Crippen MR) is 116 cm³/mol. The fourth-order valence-corrected chi connectivity index (χ4v) is 8.99. The zero-order chi connectivity index (χ0) is 20.8. The van der Waals surface area contributed by atoms with Crippen LogP contribution in [0.5, 0.6) is 0 Å². The Bertz CT molecular complexity index is 603. The number of rotatable bonds is 5. The number of hydrogen-bond acceptors (Lipinski definition) is 3. The average molecular weight is 405 g/mol. The van der Waals surface area contributed by atoms with Crippen molar-refractivity contribution in [1.82, 2.24) is 0 Å². The summed E-state index contributed by atoms with van der Waals surface area (Å²) in [6.07, 6.45) is 13.1. The molecule has 0 aromatic carbocycles. The van der Waals surface area contributed by atoms with Gasteiger partial charge in [0, 0.05) is 6.42 Å². The maximum Gasteiger partial charge on any atom is 0.305 e.